The van der Waals surface area contributed by atoms with Gasteiger partial charge in [0.25, 0.3) is 5.91 Å². The van der Waals surface area contributed by atoms with E-state index >= 15 is 0 Å². The third-order valence-corrected chi connectivity index (χ3v) is 9.64. The van der Waals surface area contributed by atoms with Crippen LogP contribution in [-0.2, 0) is 10.0 Å². The van der Waals surface area contributed by atoms with Gasteiger partial charge < -0.3 is 0 Å². The molecule has 1 aliphatic rings. The van der Waals surface area contributed by atoms with E-state index in [1.165, 1.54) is 27.3 Å². The summed E-state index contributed by atoms with van der Waals surface area (Å²) in [6.45, 7) is 4.38. The molecule has 1 unspecified atom stereocenters. The molecule has 1 atom stereocenters. The fourth-order valence-corrected chi connectivity index (χ4v) is 6.63. The molecule has 1 aliphatic carbocycles. The molecule has 1 aromatic heterocycles. The van der Waals surface area contributed by atoms with Crippen molar-refractivity contribution in [3.8, 4) is 11.3 Å². The minimum atomic E-state index is -3.67. The molecule has 4 rings (SSSR count). The maximum Gasteiger partial charge on any atom is 0.257 e. The Hall–Kier alpha value is -2.55. The first-order valence-electron chi connectivity index (χ1n) is 12.2. The lowest BCUT2D eigenvalue weighted by molar-refractivity contribution is 0.102. The average molecular weight is 512 g/mol. The minimum Gasteiger partial charge on any atom is -0.298 e. The Morgan fingerprint density at radius 3 is 2.54 bits per heavy atom. The van der Waals surface area contributed by atoms with Crippen LogP contribution in [-0.4, -0.2) is 36.7 Å². The molecule has 35 heavy (non-hydrogen) atoms. The van der Waals surface area contributed by atoms with Gasteiger partial charge in [-0.25, -0.2) is 13.4 Å². The standard InChI is InChI=1S/C27H33N3O3S2/c1-4-19(2)20-13-15-21(16-14-20)25-18-34-27(28-25)29-26(31)22-9-8-12-24(17-22)35(32,33)30(3)23-10-6-5-7-11-23/h8-9,12-19,23H,4-7,10-11H2,1-3H3,(H,28,29,31). The maximum absolute atomic E-state index is 13.2. The van der Waals surface area contributed by atoms with E-state index < -0.39 is 10.0 Å². The van der Waals surface area contributed by atoms with Crippen LogP contribution in [0.15, 0.2) is 58.8 Å². The summed E-state index contributed by atoms with van der Waals surface area (Å²) in [5.41, 5.74) is 3.38. The monoisotopic (exact) mass is 511 g/mol. The van der Waals surface area contributed by atoms with Gasteiger partial charge in [0, 0.05) is 29.6 Å². The molecule has 8 heteroatoms. The number of aromatic nitrogens is 1. The highest BCUT2D eigenvalue weighted by Crippen LogP contribution is 2.29. The Bertz CT molecular complexity index is 1260. The van der Waals surface area contributed by atoms with Gasteiger partial charge in [0.05, 0.1) is 10.6 Å². The molecule has 186 valence electrons. The number of hydrogen-bond acceptors (Lipinski definition) is 5. The van der Waals surface area contributed by atoms with Gasteiger partial charge in [0.15, 0.2) is 5.13 Å². The first-order valence-corrected chi connectivity index (χ1v) is 14.6. The average Bonchev–Trinajstić information content (AvgIpc) is 3.36. The zero-order chi connectivity index (χ0) is 25.0. The van der Waals surface area contributed by atoms with Gasteiger partial charge in [-0.2, -0.15) is 4.31 Å². The van der Waals surface area contributed by atoms with Crippen LogP contribution in [0.4, 0.5) is 5.13 Å². The number of carbonyl (C=O) groups is 1. The second kappa shape index (κ2) is 11.0. The van der Waals surface area contributed by atoms with Crippen LogP contribution >= 0.6 is 11.3 Å². The van der Waals surface area contributed by atoms with E-state index in [9.17, 15) is 13.2 Å². The molecule has 6 nitrogen and oxygen atoms in total. The summed E-state index contributed by atoms with van der Waals surface area (Å²) in [6, 6.07) is 14.6. The lowest BCUT2D eigenvalue weighted by atomic mass is 9.96. The third kappa shape index (κ3) is 5.82. The number of benzene rings is 2. The minimum absolute atomic E-state index is 0.0132. The van der Waals surface area contributed by atoms with Crippen LogP contribution in [0.3, 0.4) is 0 Å². The van der Waals surface area contributed by atoms with Gasteiger partial charge in [0.1, 0.15) is 0 Å². The van der Waals surface area contributed by atoms with Gasteiger partial charge in [0.2, 0.25) is 10.0 Å². The largest absolute Gasteiger partial charge is 0.298 e. The summed E-state index contributed by atoms with van der Waals surface area (Å²) in [7, 11) is -2.03. The van der Waals surface area contributed by atoms with Crippen molar-refractivity contribution >= 4 is 32.4 Å². The topological polar surface area (TPSA) is 79.4 Å². The van der Waals surface area contributed by atoms with Crippen molar-refractivity contribution in [2.45, 2.75) is 69.2 Å². The molecule has 1 saturated carbocycles. The van der Waals surface area contributed by atoms with E-state index in [0.717, 1.165) is 49.8 Å². The molecule has 2 aromatic carbocycles. The quantitative estimate of drug-likeness (QED) is 0.373. The van der Waals surface area contributed by atoms with Crippen molar-refractivity contribution in [2.24, 2.45) is 0 Å². The van der Waals surface area contributed by atoms with Crippen molar-refractivity contribution < 1.29 is 13.2 Å². The highest BCUT2D eigenvalue weighted by Gasteiger charge is 2.29. The molecule has 0 radical (unpaired) electrons. The van der Waals surface area contributed by atoms with Crippen molar-refractivity contribution in [3.05, 3.63) is 65.0 Å². The van der Waals surface area contributed by atoms with Gasteiger partial charge in [-0.05, 0) is 48.9 Å². The fourth-order valence-electron chi connectivity index (χ4n) is 4.46. The molecule has 1 N–H and O–H groups in total. The van der Waals surface area contributed by atoms with Gasteiger partial charge >= 0.3 is 0 Å². The van der Waals surface area contributed by atoms with E-state index in [2.05, 4.69) is 48.4 Å². The van der Waals surface area contributed by atoms with E-state index in [1.54, 1.807) is 25.2 Å². The molecule has 0 saturated heterocycles. The van der Waals surface area contributed by atoms with Gasteiger partial charge in [-0.1, -0.05) is 63.4 Å². The van der Waals surface area contributed by atoms with Crippen LogP contribution in [0.25, 0.3) is 11.3 Å². The van der Waals surface area contributed by atoms with E-state index in [0.29, 0.717) is 11.0 Å². The van der Waals surface area contributed by atoms with E-state index in [-0.39, 0.29) is 22.4 Å². The molecule has 0 aliphatic heterocycles. The third-order valence-electron chi connectivity index (χ3n) is 6.97. The number of hydrogen-bond donors (Lipinski definition) is 1. The van der Waals surface area contributed by atoms with Gasteiger partial charge in [-0.15, -0.1) is 11.3 Å². The number of sulfonamides is 1. The lowest BCUT2D eigenvalue weighted by Crippen LogP contribution is -2.38. The highest BCUT2D eigenvalue weighted by molar-refractivity contribution is 7.89. The Morgan fingerprint density at radius 1 is 1.14 bits per heavy atom. The summed E-state index contributed by atoms with van der Waals surface area (Å²) in [5, 5.41) is 5.20. The molecule has 1 heterocycles. The zero-order valence-corrected chi connectivity index (χ0v) is 22.2. The summed E-state index contributed by atoms with van der Waals surface area (Å²) >= 11 is 1.35. The number of carbonyl (C=O) groups excluding carboxylic acids is 1. The molecular weight excluding hydrogens is 478 g/mol. The number of nitrogens with one attached hydrogen (secondary N) is 1. The predicted octanol–water partition coefficient (Wildman–Crippen LogP) is 6.53. The van der Waals surface area contributed by atoms with Crippen molar-refractivity contribution in [1.29, 1.82) is 0 Å². The van der Waals surface area contributed by atoms with E-state index in [1.807, 2.05) is 5.38 Å². The molecule has 1 fully saturated rings. The zero-order valence-electron chi connectivity index (χ0n) is 20.5. The molecule has 0 bridgehead atoms. The fraction of sp³-hybridized carbons (Fsp3) is 0.407. The Labute approximate surface area is 212 Å². The van der Waals surface area contributed by atoms with E-state index in [4.69, 9.17) is 0 Å². The first kappa shape index (κ1) is 25.5. The number of thiazole rings is 1. The van der Waals surface area contributed by atoms with Crippen LogP contribution < -0.4 is 5.32 Å². The smallest absolute Gasteiger partial charge is 0.257 e. The van der Waals surface area contributed by atoms with Crippen molar-refractivity contribution in [3.63, 3.8) is 0 Å². The molecular formula is C27H33N3O3S2. The molecule has 3 aromatic rings. The summed E-state index contributed by atoms with van der Waals surface area (Å²) in [4.78, 5) is 17.6. The molecule has 1 amide bonds. The SMILES string of the molecule is CCC(C)c1ccc(-c2csc(NC(=O)c3cccc(S(=O)(=O)N(C)C4CCCCC4)c3)n2)cc1. The van der Waals surface area contributed by atoms with Crippen molar-refractivity contribution in [1.82, 2.24) is 9.29 Å². The number of anilines is 1. The predicted molar refractivity (Wildman–Crippen MR) is 142 cm³/mol. The Balaban J connectivity index is 1.46. The van der Waals surface area contributed by atoms with Crippen LogP contribution in [0.5, 0.6) is 0 Å². The normalized spacial score (nSPS) is 15.8. The first-order chi connectivity index (χ1) is 16.8. The lowest BCUT2D eigenvalue weighted by Gasteiger charge is -2.30. The number of nitrogens with zero attached hydrogens (tertiary/aromatic N) is 2. The van der Waals surface area contributed by atoms with Crippen LogP contribution in [0.2, 0.25) is 0 Å². The Morgan fingerprint density at radius 2 is 1.86 bits per heavy atom. The second-order valence-corrected chi connectivity index (χ2v) is 12.1. The highest BCUT2D eigenvalue weighted by atomic mass is 32.2. The van der Waals surface area contributed by atoms with Crippen molar-refractivity contribution in [2.75, 3.05) is 12.4 Å². The second-order valence-electron chi connectivity index (χ2n) is 9.26. The maximum atomic E-state index is 13.2. The van der Waals surface area contributed by atoms with Crippen LogP contribution in [0.1, 0.15) is 74.2 Å². The Kier molecular flexibility index (Phi) is 8.04. The summed E-state index contributed by atoms with van der Waals surface area (Å²) in [5.74, 6) is 0.131. The summed E-state index contributed by atoms with van der Waals surface area (Å²) in [6.07, 6.45) is 6.09. The van der Waals surface area contributed by atoms with Crippen LogP contribution in [0, 0.1) is 0 Å². The number of rotatable bonds is 8. The summed E-state index contributed by atoms with van der Waals surface area (Å²) < 4.78 is 27.9. The van der Waals surface area contributed by atoms with Gasteiger partial charge in [-0.3, -0.25) is 10.1 Å². The number of amides is 1. The molecule has 0 spiro atoms.